The molecule has 8 nitrogen and oxygen atoms in total. The summed E-state index contributed by atoms with van der Waals surface area (Å²) < 4.78 is 0. The van der Waals surface area contributed by atoms with Crippen LogP contribution in [0.5, 0.6) is 0 Å². The van der Waals surface area contributed by atoms with Crippen LogP contribution in [0.25, 0.3) is 0 Å². The summed E-state index contributed by atoms with van der Waals surface area (Å²) in [7, 11) is 0. The molecule has 0 bridgehead atoms. The number of nitrogens with one attached hydrogen (secondary N) is 3. The quantitative estimate of drug-likeness (QED) is 0.268. The van der Waals surface area contributed by atoms with E-state index >= 15 is 0 Å². The molecular weight excluding hydrogens is 541 g/mol. The average Bonchev–Trinajstić information content (AvgIpc) is 3.30. The summed E-state index contributed by atoms with van der Waals surface area (Å²) in [6, 6.07) is 20.1. The number of carbonyl (C=O) groups is 3. The van der Waals surface area contributed by atoms with E-state index in [1.807, 2.05) is 30.3 Å². The van der Waals surface area contributed by atoms with E-state index < -0.39 is 29.4 Å². The van der Waals surface area contributed by atoms with Gasteiger partial charge in [-0.05, 0) is 61.2 Å². The largest absolute Gasteiger partial charge is 0.480 e. The zero-order chi connectivity index (χ0) is 28.0. The number of hydrogen-bond acceptors (Lipinski definition) is 5. The van der Waals surface area contributed by atoms with Crippen molar-refractivity contribution < 1.29 is 24.3 Å². The fourth-order valence-electron chi connectivity index (χ4n) is 4.09. The Hall–Kier alpha value is -3.85. The number of anilines is 1. The molecule has 0 aliphatic carbocycles. The predicted octanol–water partition coefficient (Wildman–Crippen LogP) is 5.17. The molecule has 4 N–H and O–H groups in total. The highest BCUT2D eigenvalue weighted by molar-refractivity contribution is 6.40. The molecule has 0 radical (unpaired) electrons. The smallest absolute Gasteiger partial charge is 0.326 e. The fraction of sp³-hybridized carbons (Fsp3) is 0.207. The molecular formula is C29H27Cl2N3O5. The Balaban J connectivity index is 1.36. The van der Waals surface area contributed by atoms with Crippen molar-refractivity contribution in [2.75, 3.05) is 5.32 Å². The van der Waals surface area contributed by atoms with Gasteiger partial charge in [-0.3, -0.25) is 19.9 Å². The molecule has 0 aromatic heterocycles. The topological polar surface area (TPSA) is 117 Å². The summed E-state index contributed by atoms with van der Waals surface area (Å²) in [4.78, 5) is 43.1. The van der Waals surface area contributed by atoms with Gasteiger partial charge >= 0.3 is 5.97 Å². The SMILES string of the molecule is C[C@@]1(C(=O)NC(Cc2ccc(NC(=O)c3c(Cl)cccc3Cl)cc2)C(=O)O)C=C(CCc2ccccc2)NO1. The van der Waals surface area contributed by atoms with Crippen LogP contribution in [0.2, 0.25) is 10.0 Å². The van der Waals surface area contributed by atoms with Crippen LogP contribution in [0.3, 0.4) is 0 Å². The van der Waals surface area contributed by atoms with Crippen LogP contribution in [0.1, 0.15) is 34.8 Å². The van der Waals surface area contributed by atoms with Gasteiger partial charge in [0.1, 0.15) is 6.04 Å². The Morgan fingerprint density at radius 2 is 1.59 bits per heavy atom. The normalized spacial score (nSPS) is 17.1. The third-order valence-corrected chi connectivity index (χ3v) is 6.90. The number of amides is 2. The minimum Gasteiger partial charge on any atom is -0.480 e. The number of halogens is 2. The van der Waals surface area contributed by atoms with Crippen molar-refractivity contribution in [1.82, 2.24) is 10.8 Å². The predicted molar refractivity (Wildman–Crippen MR) is 150 cm³/mol. The summed E-state index contributed by atoms with van der Waals surface area (Å²) >= 11 is 12.2. The van der Waals surface area contributed by atoms with E-state index in [1.54, 1.807) is 55.5 Å². The standard InChI is InChI=1S/C29H27Cl2N3O5/c1-29(17-21(34-39-29)15-10-18-6-3-2-4-7-18)28(38)33-24(27(36)37)16-19-11-13-20(14-12-19)32-26(35)25-22(30)8-5-9-23(25)31/h2-9,11-14,17,24,34H,10,15-16H2,1H3,(H,32,35)(H,33,38)(H,36,37)/t24?,29-/m0/s1. The van der Waals surface area contributed by atoms with Gasteiger partial charge in [0.15, 0.2) is 5.60 Å². The molecule has 0 saturated heterocycles. The molecule has 0 spiro atoms. The molecule has 3 aromatic rings. The van der Waals surface area contributed by atoms with Crippen molar-refractivity contribution in [1.29, 1.82) is 0 Å². The van der Waals surface area contributed by atoms with E-state index in [2.05, 4.69) is 16.1 Å². The number of allylic oxidation sites excluding steroid dienone is 1. The fourth-order valence-corrected chi connectivity index (χ4v) is 4.66. The number of aliphatic carboxylic acids is 1. The second kappa shape index (κ2) is 12.3. The van der Waals surface area contributed by atoms with Crippen LogP contribution in [0.4, 0.5) is 5.69 Å². The first-order chi connectivity index (χ1) is 18.6. The second-order valence-electron chi connectivity index (χ2n) is 9.28. The van der Waals surface area contributed by atoms with Gasteiger partial charge in [-0.1, -0.05) is 71.7 Å². The molecule has 202 valence electrons. The monoisotopic (exact) mass is 567 g/mol. The van der Waals surface area contributed by atoms with Crippen molar-refractivity contribution in [2.24, 2.45) is 0 Å². The van der Waals surface area contributed by atoms with Gasteiger partial charge in [0, 0.05) is 17.8 Å². The molecule has 1 heterocycles. The Labute approximate surface area is 235 Å². The molecule has 1 unspecified atom stereocenters. The van der Waals surface area contributed by atoms with Gasteiger partial charge in [0.25, 0.3) is 11.8 Å². The van der Waals surface area contributed by atoms with Crippen molar-refractivity contribution in [3.05, 3.63) is 111 Å². The maximum Gasteiger partial charge on any atom is 0.326 e. The Morgan fingerprint density at radius 1 is 0.923 bits per heavy atom. The van der Waals surface area contributed by atoms with Crippen LogP contribution < -0.4 is 16.1 Å². The maximum absolute atomic E-state index is 13.0. The lowest BCUT2D eigenvalue weighted by Crippen LogP contribution is -2.51. The highest BCUT2D eigenvalue weighted by Gasteiger charge is 2.39. The van der Waals surface area contributed by atoms with E-state index in [-0.39, 0.29) is 22.0 Å². The Bertz CT molecular complexity index is 1380. The van der Waals surface area contributed by atoms with E-state index in [0.29, 0.717) is 17.7 Å². The van der Waals surface area contributed by atoms with Crippen molar-refractivity contribution in [2.45, 2.75) is 37.8 Å². The van der Waals surface area contributed by atoms with Crippen molar-refractivity contribution >= 4 is 46.7 Å². The molecule has 0 fully saturated rings. The summed E-state index contributed by atoms with van der Waals surface area (Å²) in [5.74, 6) is -2.22. The van der Waals surface area contributed by atoms with E-state index in [9.17, 15) is 19.5 Å². The Kier molecular flexibility index (Phi) is 8.91. The van der Waals surface area contributed by atoms with Gasteiger partial charge in [-0.15, -0.1) is 0 Å². The maximum atomic E-state index is 13.0. The van der Waals surface area contributed by atoms with Crippen LogP contribution in [-0.4, -0.2) is 34.5 Å². The van der Waals surface area contributed by atoms with E-state index in [0.717, 1.165) is 17.7 Å². The van der Waals surface area contributed by atoms with Crippen molar-refractivity contribution in [3.63, 3.8) is 0 Å². The third kappa shape index (κ3) is 7.17. The zero-order valence-corrected chi connectivity index (χ0v) is 22.6. The molecule has 10 heteroatoms. The molecule has 4 rings (SSSR count). The number of rotatable bonds is 10. The molecule has 39 heavy (non-hydrogen) atoms. The first-order valence-corrected chi connectivity index (χ1v) is 13.0. The minimum atomic E-state index is -1.35. The Morgan fingerprint density at radius 3 is 2.23 bits per heavy atom. The molecule has 3 aromatic carbocycles. The first kappa shape index (κ1) is 28.2. The van der Waals surface area contributed by atoms with Gasteiger partial charge in [0.05, 0.1) is 15.6 Å². The number of carbonyl (C=O) groups excluding carboxylic acids is 2. The first-order valence-electron chi connectivity index (χ1n) is 12.2. The number of carboxylic acids is 1. The van der Waals surface area contributed by atoms with Gasteiger partial charge in [-0.25, -0.2) is 4.79 Å². The number of carboxylic acid groups (broad SMARTS) is 1. The minimum absolute atomic E-state index is 0.0275. The highest BCUT2D eigenvalue weighted by Crippen LogP contribution is 2.26. The lowest BCUT2D eigenvalue weighted by Gasteiger charge is -2.22. The van der Waals surface area contributed by atoms with E-state index in [4.69, 9.17) is 28.0 Å². The average molecular weight is 568 g/mol. The summed E-state index contributed by atoms with van der Waals surface area (Å²) in [6.07, 6.45) is 3.10. The molecule has 0 saturated carbocycles. The number of hydrogen-bond donors (Lipinski definition) is 4. The van der Waals surface area contributed by atoms with Crippen LogP contribution in [0.15, 0.2) is 84.6 Å². The molecule has 1 aliphatic rings. The second-order valence-corrected chi connectivity index (χ2v) is 10.1. The van der Waals surface area contributed by atoms with E-state index in [1.165, 1.54) is 0 Å². The number of benzene rings is 3. The lowest BCUT2D eigenvalue weighted by atomic mass is 10.0. The molecule has 1 aliphatic heterocycles. The zero-order valence-electron chi connectivity index (χ0n) is 21.0. The van der Waals surface area contributed by atoms with Gasteiger partial charge in [-0.2, -0.15) is 0 Å². The number of aryl methyl sites for hydroxylation is 1. The van der Waals surface area contributed by atoms with Gasteiger partial charge < -0.3 is 15.7 Å². The highest BCUT2D eigenvalue weighted by atomic mass is 35.5. The summed E-state index contributed by atoms with van der Waals surface area (Å²) in [5, 5.41) is 15.5. The lowest BCUT2D eigenvalue weighted by molar-refractivity contribution is -0.148. The van der Waals surface area contributed by atoms with Crippen LogP contribution in [0, 0.1) is 0 Å². The van der Waals surface area contributed by atoms with Gasteiger partial charge in [0.2, 0.25) is 0 Å². The molecule has 2 atom stereocenters. The third-order valence-electron chi connectivity index (χ3n) is 6.27. The van der Waals surface area contributed by atoms with Crippen LogP contribution in [-0.2, 0) is 27.3 Å². The summed E-state index contributed by atoms with van der Waals surface area (Å²) in [5.41, 5.74) is 4.62. The van der Waals surface area contributed by atoms with Crippen molar-refractivity contribution in [3.8, 4) is 0 Å². The number of hydroxylamine groups is 1. The van der Waals surface area contributed by atoms with Crippen LogP contribution >= 0.6 is 23.2 Å². The summed E-state index contributed by atoms with van der Waals surface area (Å²) in [6.45, 7) is 1.58. The molecule has 2 amide bonds.